The maximum Gasteiger partial charge on any atom is 0.0997 e. The molecule has 1 unspecified atom stereocenters. The molecule has 4 nitrogen and oxygen atoms in total. The highest BCUT2D eigenvalue weighted by molar-refractivity contribution is 6.35. The van der Waals surface area contributed by atoms with Crippen molar-refractivity contribution in [2.24, 2.45) is 0 Å². The van der Waals surface area contributed by atoms with Gasteiger partial charge in [-0.1, -0.05) is 29.3 Å². The summed E-state index contributed by atoms with van der Waals surface area (Å²) in [4.78, 5) is 0. The van der Waals surface area contributed by atoms with Crippen LogP contribution < -0.4 is 5.32 Å². The Balaban J connectivity index is 2.19. The topological polar surface area (TPSA) is 53.6 Å². The molecule has 0 radical (unpaired) electrons. The third-order valence-electron chi connectivity index (χ3n) is 2.58. The number of rotatable bonds is 4. The van der Waals surface area contributed by atoms with Gasteiger partial charge in [0.1, 0.15) is 0 Å². The van der Waals surface area contributed by atoms with Crippen molar-refractivity contribution in [2.45, 2.75) is 12.5 Å². The van der Waals surface area contributed by atoms with Crippen molar-refractivity contribution in [3.63, 3.8) is 0 Å². The van der Waals surface area contributed by atoms with Crippen molar-refractivity contribution in [3.8, 4) is 0 Å². The zero-order chi connectivity index (χ0) is 12.3. The molecule has 1 aromatic carbocycles. The normalized spacial score (nSPS) is 12.6. The van der Waals surface area contributed by atoms with Crippen LogP contribution in [0.2, 0.25) is 10.0 Å². The largest absolute Gasteiger partial charge is 0.311 e. The Bertz CT molecular complexity index is 484. The van der Waals surface area contributed by atoms with Crippen molar-refractivity contribution in [1.29, 1.82) is 0 Å². The molecule has 90 valence electrons. The number of aromatic amines is 1. The van der Waals surface area contributed by atoms with Gasteiger partial charge in [0, 0.05) is 10.0 Å². The monoisotopic (exact) mass is 270 g/mol. The summed E-state index contributed by atoms with van der Waals surface area (Å²) >= 11 is 12.0. The molecule has 2 N–H and O–H groups in total. The summed E-state index contributed by atoms with van der Waals surface area (Å²) in [6.07, 6.45) is 2.43. The van der Waals surface area contributed by atoms with E-state index in [1.54, 1.807) is 12.3 Å². The number of H-pyrrole nitrogens is 1. The Morgan fingerprint density at radius 2 is 2.24 bits per heavy atom. The molecule has 0 saturated heterocycles. The molecule has 0 aliphatic carbocycles. The lowest BCUT2D eigenvalue weighted by Gasteiger charge is -2.14. The maximum atomic E-state index is 6.14. The van der Waals surface area contributed by atoms with Crippen LogP contribution in [-0.4, -0.2) is 22.5 Å². The van der Waals surface area contributed by atoms with E-state index in [0.29, 0.717) is 10.0 Å². The first-order valence-electron chi connectivity index (χ1n) is 5.17. The quantitative estimate of drug-likeness (QED) is 0.898. The minimum absolute atomic E-state index is 0.0763. The lowest BCUT2D eigenvalue weighted by molar-refractivity contribution is 0.574. The molecule has 6 heteroatoms. The highest BCUT2D eigenvalue weighted by Crippen LogP contribution is 2.25. The standard InChI is InChI=1S/C11H12Cl2N4/c1-14-10(11-6-15-17-16-11)4-7-2-3-8(12)5-9(7)13/h2-3,5-6,10,14H,4H2,1H3,(H,15,16,17). The second-order valence-corrected chi connectivity index (χ2v) is 4.52. The van der Waals surface area contributed by atoms with Gasteiger partial charge < -0.3 is 5.32 Å². The molecule has 0 bridgehead atoms. The van der Waals surface area contributed by atoms with Crippen molar-refractivity contribution >= 4 is 23.2 Å². The fraction of sp³-hybridized carbons (Fsp3) is 0.273. The number of halogens is 2. The minimum atomic E-state index is 0.0763. The summed E-state index contributed by atoms with van der Waals surface area (Å²) in [5, 5.41) is 15.0. The van der Waals surface area contributed by atoms with Crippen LogP contribution in [-0.2, 0) is 6.42 Å². The Labute approximate surface area is 109 Å². The molecular weight excluding hydrogens is 259 g/mol. The van der Waals surface area contributed by atoms with Crippen LogP contribution in [0.25, 0.3) is 0 Å². The highest BCUT2D eigenvalue weighted by Gasteiger charge is 2.14. The maximum absolute atomic E-state index is 6.14. The fourth-order valence-corrected chi connectivity index (χ4v) is 2.13. The molecule has 0 fully saturated rings. The first kappa shape index (κ1) is 12.4. The number of benzene rings is 1. The van der Waals surface area contributed by atoms with Gasteiger partial charge in [0.2, 0.25) is 0 Å². The molecule has 0 aliphatic heterocycles. The van der Waals surface area contributed by atoms with Gasteiger partial charge in [-0.05, 0) is 31.2 Å². The fourth-order valence-electron chi connectivity index (χ4n) is 1.64. The number of nitrogens with one attached hydrogen (secondary N) is 2. The molecule has 0 spiro atoms. The van der Waals surface area contributed by atoms with E-state index in [4.69, 9.17) is 23.2 Å². The smallest absolute Gasteiger partial charge is 0.0997 e. The first-order chi connectivity index (χ1) is 8.20. The molecule has 0 saturated carbocycles. The number of likely N-dealkylation sites (N-methyl/N-ethyl adjacent to an activating group) is 1. The van der Waals surface area contributed by atoms with Gasteiger partial charge >= 0.3 is 0 Å². The summed E-state index contributed by atoms with van der Waals surface area (Å²) in [7, 11) is 1.88. The Morgan fingerprint density at radius 1 is 1.41 bits per heavy atom. The molecule has 2 rings (SSSR count). The third kappa shape index (κ3) is 2.97. The zero-order valence-corrected chi connectivity index (χ0v) is 10.8. The summed E-state index contributed by atoms with van der Waals surface area (Å²) in [5.41, 5.74) is 1.89. The van der Waals surface area contributed by atoms with Gasteiger partial charge in [-0.3, -0.25) is 0 Å². The number of nitrogens with zero attached hydrogens (tertiary/aromatic N) is 2. The van der Waals surface area contributed by atoms with Gasteiger partial charge in [0.15, 0.2) is 0 Å². The van der Waals surface area contributed by atoms with E-state index in [1.165, 1.54) is 0 Å². The molecule has 0 aliphatic rings. The van der Waals surface area contributed by atoms with Crippen LogP contribution in [0.3, 0.4) is 0 Å². The van der Waals surface area contributed by atoms with E-state index in [-0.39, 0.29) is 6.04 Å². The summed E-state index contributed by atoms with van der Waals surface area (Å²) in [6, 6.07) is 5.58. The van der Waals surface area contributed by atoms with Crippen molar-refractivity contribution in [3.05, 3.63) is 45.7 Å². The van der Waals surface area contributed by atoms with Crippen LogP contribution in [0.15, 0.2) is 24.4 Å². The lowest BCUT2D eigenvalue weighted by atomic mass is 10.0. The van der Waals surface area contributed by atoms with Crippen LogP contribution >= 0.6 is 23.2 Å². The van der Waals surface area contributed by atoms with Crippen LogP contribution in [0.1, 0.15) is 17.3 Å². The Hall–Kier alpha value is -1.10. The van der Waals surface area contributed by atoms with E-state index in [2.05, 4.69) is 20.7 Å². The van der Waals surface area contributed by atoms with Crippen molar-refractivity contribution in [1.82, 2.24) is 20.7 Å². The van der Waals surface area contributed by atoms with Crippen LogP contribution in [0.5, 0.6) is 0 Å². The van der Waals surface area contributed by atoms with Crippen molar-refractivity contribution < 1.29 is 0 Å². The third-order valence-corrected chi connectivity index (χ3v) is 3.17. The van der Waals surface area contributed by atoms with E-state index in [1.807, 2.05) is 19.2 Å². The molecular formula is C11H12Cl2N4. The zero-order valence-electron chi connectivity index (χ0n) is 9.24. The molecule has 17 heavy (non-hydrogen) atoms. The second-order valence-electron chi connectivity index (χ2n) is 3.68. The Kier molecular flexibility index (Phi) is 3.99. The Morgan fingerprint density at radius 3 is 2.82 bits per heavy atom. The summed E-state index contributed by atoms with van der Waals surface area (Å²) in [5.74, 6) is 0. The predicted octanol–water partition coefficient (Wildman–Crippen LogP) is 2.61. The van der Waals surface area contributed by atoms with Crippen LogP contribution in [0, 0.1) is 0 Å². The number of aromatic nitrogens is 3. The van der Waals surface area contributed by atoms with E-state index in [0.717, 1.165) is 17.7 Å². The number of hydrogen-bond donors (Lipinski definition) is 2. The van der Waals surface area contributed by atoms with Crippen LogP contribution in [0.4, 0.5) is 0 Å². The molecule has 1 aromatic heterocycles. The number of hydrogen-bond acceptors (Lipinski definition) is 3. The van der Waals surface area contributed by atoms with Gasteiger partial charge in [0.25, 0.3) is 0 Å². The van der Waals surface area contributed by atoms with Gasteiger partial charge in [-0.15, -0.1) is 0 Å². The van der Waals surface area contributed by atoms with Gasteiger partial charge in [-0.25, -0.2) is 0 Å². The highest BCUT2D eigenvalue weighted by atomic mass is 35.5. The summed E-state index contributed by atoms with van der Waals surface area (Å²) in [6.45, 7) is 0. The van der Waals surface area contributed by atoms with E-state index in [9.17, 15) is 0 Å². The first-order valence-corrected chi connectivity index (χ1v) is 5.93. The molecule has 0 amide bonds. The van der Waals surface area contributed by atoms with E-state index >= 15 is 0 Å². The molecule has 2 aromatic rings. The molecule has 1 heterocycles. The van der Waals surface area contributed by atoms with Gasteiger partial charge in [-0.2, -0.15) is 15.4 Å². The van der Waals surface area contributed by atoms with Gasteiger partial charge in [0.05, 0.1) is 17.9 Å². The summed E-state index contributed by atoms with van der Waals surface area (Å²) < 4.78 is 0. The second kappa shape index (κ2) is 5.49. The average Bonchev–Trinajstić information content (AvgIpc) is 2.81. The predicted molar refractivity (Wildman–Crippen MR) is 68.3 cm³/mol. The molecule has 1 atom stereocenters. The van der Waals surface area contributed by atoms with E-state index < -0.39 is 0 Å². The SMILES string of the molecule is CNC(Cc1ccc(Cl)cc1Cl)c1cn[nH]n1. The minimum Gasteiger partial charge on any atom is -0.311 e. The lowest BCUT2D eigenvalue weighted by Crippen LogP contribution is -2.19. The average molecular weight is 271 g/mol. The van der Waals surface area contributed by atoms with Crippen molar-refractivity contribution in [2.75, 3.05) is 7.05 Å².